The van der Waals surface area contributed by atoms with Crippen LogP contribution in [0.3, 0.4) is 0 Å². The molecular weight excluding hydrogens is 266 g/mol. The molecule has 1 heterocycles. The van der Waals surface area contributed by atoms with Crippen molar-refractivity contribution in [3.05, 3.63) is 76.2 Å². The second-order valence-electron chi connectivity index (χ2n) is 4.86. The number of aromatic nitrogens is 1. The van der Waals surface area contributed by atoms with Crippen molar-refractivity contribution in [1.82, 2.24) is 4.57 Å². The summed E-state index contributed by atoms with van der Waals surface area (Å²) >= 11 is 0. The Labute approximate surface area is 120 Å². The van der Waals surface area contributed by atoms with E-state index in [1.165, 1.54) is 10.8 Å². The fourth-order valence-corrected chi connectivity index (χ4v) is 2.47. The largest absolute Gasteiger partial charge is 0.478 e. The summed E-state index contributed by atoms with van der Waals surface area (Å²) in [5.41, 5.74) is 1.50. The average molecular weight is 279 g/mol. The summed E-state index contributed by atoms with van der Waals surface area (Å²) in [6.45, 7) is 1.89. The van der Waals surface area contributed by atoms with Gasteiger partial charge in [0.1, 0.15) is 0 Å². The number of hydrogen-bond acceptors (Lipinski definition) is 2. The zero-order valence-corrected chi connectivity index (χ0v) is 11.4. The summed E-state index contributed by atoms with van der Waals surface area (Å²) in [7, 11) is 0. The lowest BCUT2D eigenvalue weighted by molar-refractivity contribution is 0.0698. The molecule has 1 aromatic heterocycles. The van der Waals surface area contributed by atoms with Crippen LogP contribution in [0.4, 0.5) is 0 Å². The summed E-state index contributed by atoms with van der Waals surface area (Å²) in [5, 5.41) is 10.3. The van der Waals surface area contributed by atoms with E-state index in [2.05, 4.69) is 0 Å². The van der Waals surface area contributed by atoms with E-state index in [-0.39, 0.29) is 11.1 Å². The molecule has 0 atom stereocenters. The molecule has 0 bridgehead atoms. The van der Waals surface area contributed by atoms with Crippen LogP contribution in [0.2, 0.25) is 0 Å². The summed E-state index contributed by atoms with van der Waals surface area (Å²) in [6, 6.07) is 14.2. The summed E-state index contributed by atoms with van der Waals surface area (Å²) in [4.78, 5) is 24.1. The number of carboxylic acid groups (broad SMARTS) is 1. The Morgan fingerprint density at radius 2 is 1.62 bits per heavy atom. The summed E-state index contributed by atoms with van der Waals surface area (Å²) in [6.07, 6.45) is 1.40. The number of nitrogens with zero attached hydrogens (tertiary/aromatic N) is 1. The molecule has 4 heteroatoms. The highest BCUT2D eigenvalue weighted by molar-refractivity contribution is 6.03. The molecule has 4 nitrogen and oxygen atoms in total. The fourth-order valence-electron chi connectivity index (χ4n) is 2.47. The minimum Gasteiger partial charge on any atom is -0.478 e. The first kappa shape index (κ1) is 13.1. The number of aromatic carboxylic acids is 1. The van der Waals surface area contributed by atoms with Gasteiger partial charge in [0, 0.05) is 17.0 Å². The third-order valence-corrected chi connectivity index (χ3v) is 3.53. The first-order valence-corrected chi connectivity index (χ1v) is 6.53. The number of para-hydroxylation sites is 1. The van der Waals surface area contributed by atoms with Crippen LogP contribution in [-0.2, 0) is 0 Å². The van der Waals surface area contributed by atoms with Crippen molar-refractivity contribution in [3.8, 4) is 5.69 Å². The molecule has 0 saturated heterocycles. The highest BCUT2D eigenvalue weighted by Crippen LogP contribution is 2.19. The maximum Gasteiger partial charge on any atom is 0.337 e. The van der Waals surface area contributed by atoms with Crippen LogP contribution < -0.4 is 5.56 Å². The highest BCUT2D eigenvalue weighted by atomic mass is 16.4. The Bertz CT molecular complexity index is 909. The Kier molecular flexibility index (Phi) is 3.06. The summed E-state index contributed by atoms with van der Waals surface area (Å²) < 4.78 is 1.40. The Morgan fingerprint density at radius 3 is 2.29 bits per heavy atom. The maximum atomic E-state index is 12.6. The van der Waals surface area contributed by atoms with Gasteiger partial charge in [0.2, 0.25) is 0 Å². The number of aryl methyl sites for hydroxylation is 1. The van der Waals surface area contributed by atoms with Crippen LogP contribution in [-0.4, -0.2) is 15.6 Å². The van der Waals surface area contributed by atoms with E-state index < -0.39 is 5.97 Å². The lowest BCUT2D eigenvalue weighted by atomic mass is 10.1. The maximum absolute atomic E-state index is 12.6. The molecule has 0 fully saturated rings. The normalized spacial score (nSPS) is 10.7. The number of hydrogen-bond donors (Lipinski definition) is 1. The SMILES string of the molecule is Cc1ccccc1-n1cc(C(=O)O)c2ccccc2c1=O. The molecule has 0 aliphatic carbocycles. The number of benzene rings is 2. The molecule has 21 heavy (non-hydrogen) atoms. The van der Waals surface area contributed by atoms with Gasteiger partial charge in [0.05, 0.1) is 11.3 Å². The lowest BCUT2D eigenvalue weighted by Gasteiger charge is -2.12. The van der Waals surface area contributed by atoms with Gasteiger partial charge in [0.25, 0.3) is 5.56 Å². The third-order valence-electron chi connectivity index (χ3n) is 3.53. The second kappa shape index (κ2) is 4.90. The van der Waals surface area contributed by atoms with Crippen molar-refractivity contribution in [2.24, 2.45) is 0 Å². The van der Waals surface area contributed by atoms with Gasteiger partial charge in [-0.05, 0) is 24.6 Å². The van der Waals surface area contributed by atoms with E-state index in [1.807, 2.05) is 25.1 Å². The van der Waals surface area contributed by atoms with Crippen LogP contribution in [0.15, 0.2) is 59.5 Å². The Morgan fingerprint density at radius 1 is 1.00 bits per heavy atom. The molecule has 0 radical (unpaired) electrons. The Hall–Kier alpha value is -2.88. The van der Waals surface area contributed by atoms with E-state index in [0.717, 1.165) is 5.56 Å². The Balaban J connectivity index is 2.45. The standard InChI is InChI=1S/C17H13NO3/c1-11-6-2-5-9-15(11)18-10-14(17(20)21)12-7-3-4-8-13(12)16(18)19/h2-10H,1H3,(H,20,21). The van der Waals surface area contributed by atoms with Gasteiger partial charge < -0.3 is 5.11 Å². The number of pyridine rings is 1. The second-order valence-corrected chi connectivity index (χ2v) is 4.86. The van der Waals surface area contributed by atoms with Crippen molar-refractivity contribution >= 4 is 16.7 Å². The van der Waals surface area contributed by atoms with E-state index in [1.54, 1.807) is 30.3 Å². The minimum absolute atomic E-state index is 0.119. The first-order valence-electron chi connectivity index (χ1n) is 6.53. The van der Waals surface area contributed by atoms with Gasteiger partial charge in [-0.25, -0.2) is 4.79 Å². The van der Waals surface area contributed by atoms with E-state index in [0.29, 0.717) is 16.5 Å². The van der Waals surface area contributed by atoms with Crippen LogP contribution in [0, 0.1) is 6.92 Å². The molecule has 104 valence electrons. The fraction of sp³-hybridized carbons (Fsp3) is 0.0588. The molecule has 0 aliphatic rings. The predicted molar refractivity (Wildman–Crippen MR) is 81.2 cm³/mol. The van der Waals surface area contributed by atoms with Gasteiger partial charge in [0.15, 0.2) is 0 Å². The number of rotatable bonds is 2. The molecule has 0 unspecified atom stereocenters. The first-order chi connectivity index (χ1) is 10.1. The molecule has 1 N–H and O–H groups in total. The van der Waals surface area contributed by atoms with Crippen LogP contribution >= 0.6 is 0 Å². The minimum atomic E-state index is -1.05. The monoisotopic (exact) mass is 279 g/mol. The molecule has 0 spiro atoms. The average Bonchev–Trinajstić information content (AvgIpc) is 2.48. The van der Waals surface area contributed by atoms with Crippen LogP contribution in [0.5, 0.6) is 0 Å². The van der Waals surface area contributed by atoms with Gasteiger partial charge in [-0.2, -0.15) is 0 Å². The molecular formula is C17H13NO3. The number of fused-ring (bicyclic) bond motifs is 1. The van der Waals surface area contributed by atoms with Crippen molar-refractivity contribution in [3.63, 3.8) is 0 Å². The number of carboxylic acids is 1. The van der Waals surface area contributed by atoms with Crippen molar-refractivity contribution in [2.75, 3.05) is 0 Å². The zero-order valence-electron chi connectivity index (χ0n) is 11.4. The molecule has 2 aromatic carbocycles. The highest BCUT2D eigenvalue weighted by Gasteiger charge is 2.14. The van der Waals surface area contributed by atoms with E-state index in [9.17, 15) is 14.7 Å². The van der Waals surface area contributed by atoms with Gasteiger partial charge in [-0.15, -0.1) is 0 Å². The van der Waals surface area contributed by atoms with E-state index >= 15 is 0 Å². The van der Waals surface area contributed by atoms with Crippen LogP contribution in [0.25, 0.3) is 16.5 Å². The number of carbonyl (C=O) groups is 1. The molecule has 3 aromatic rings. The smallest absolute Gasteiger partial charge is 0.337 e. The molecule has 0 saturated carbocycles. The lowest BCUT2D eigenvalue weighted by Crippen LogP contribution is -2.21. The van der Waals surface area contributed by atoms with Crippen molar-refractivity contribution in [1.29, 1.82) is 0 Å². The van der Waals surface area contributed by atoms with E-state index in [4.69, 9.17) is 0 Å². The predicted octanol–water partition coefficient (Wildman–Crippen LogP) is 3.00. The van der Waals surface area contributed by atoms with Gasteiger partial charge >= 0.3 is 5.97 Å². The van der Waals surface area contributed by atoms with Crippen molar-refractivity contribution < 1.29 is 9.90 Å². The summed E-state index contributed by atoms with van der Waals surface area (Å²) in [5.74, 6) is -1.05. The van der Waals surface area contributed by atoms with Gasteiger partial charge in [-0.1, -0.05) is 36.4 Å². The van der Waals surface area contributed by atoms with Crippen molar-refractivity contribution in [2.45, 2.75) is 6.92 Å². The zero-order chi connectivity index (χ0) is 15.0. The topological polar surface area (TPSA) is 59.3 Å². The molecule has 0 aliphatic heterocycles. The third kappa shape index (κ3) is 2.10. The van der Waals surface area contributed by atoms with Crippen LogP contribution in [0.1, 0.15) is 15.9 Å². The molecule has 0 amide bonds. The quantitative estimate of drug-likeness (QED) is 0.784. The van der Waals surface area contributed by atoms with Gasteiger partial charge in [-0.3, -0.25) is 9.36 Å². The molecule has 3 rings (SSSR count).